The molecule has 2 fully saturated rings. The molecule has 0 radical (unpaired) electrons. The highest BCUT2D eigenvalue weighted by Crippen LogP contribution is 2.37. The van der Waals surface area contributed by atoms with E-state index in [0.717, 1.165) is 36.2 Å². The summed E-state index contributed by atoms with van der Waals surface area (Å²) in [6.45, 7) is 1.99. The highest BCUT2D eigenvalue weighted by molar-refractivity contribution is 5.82. The molecule has 3 unspecified atom stereocenters. The quantitative estimate of drug-likeness (QED) is 0.680. The summed E-state index contributed by atoms with van der Waals surface area (Å²) >= 11 is 0. The molecule has 1 aromatic carbocycles. The maximum Gasteiger partial charge on any atom is 0.270 e. The molecule has 23 heavy (non-hydrogen) atoms. The molecule has 3 atom stereocenters. The van der Waals surface area contributed by atoms with Crippen LogP contribution in [0.3, 0.4) is 0 Å². The highest BCUT2D eigenvalue weighted by atomic mass is 16.6. The molecule has 0 amide bonds. The van der Waals surface area contributed by atoms with E-state index in [1.165, 1.54) is 18.9 Å². The number of non-ortho nitro benzene ring substituents is 1. The number of hydrogen-bond donors (Lipinski definition) is 1. The van der Waals surface area contributed by atoms with Crippen molar-refractivity contribution in [2.45, 2.75) is 25.3 Å². The van der Waals surface area contributed by atoms with E-state index in [-0.39, 0.29) is 10.6 Å². The van der Waals surface area contributed by atoms with Gasteiger partial charge in [-0.3, -0.25) is 10.1 Å². The van der Waals surface area contributed by atoms with Gasteiger partial charge in [0.1, 0.15) is 5.82 Å². The normalized spacial score (nSPS) is 27.2. The molecule has 2 N–H and O–H groups in total. The van der Waals surface area contributed by atoms with E-state index in [1.54, 1.807) is 12.1 Å². The second-order valence-corrected chi connectivity index (χ2v) is 6.73. The van der Waals surface area contributed by atoms with Crippen LogP contribution in [0.5, 0.6) is 0 Å². The molecule has 1 aromatic heterocycles. The molecule has 6 nitrogen and oxygen atoms in total. The van der Waals surface area contributed by atoms with Crippen LogP contribution in [0.25, 0.3) is 10.9 Å². The van der Waals surface area contributed by atoms with Gasteiger partial charge in [0, 0.05) is 36.7 Å². The number of aromatic nitrogens is 1. The van der Waals surface area contributed by atoms with Gasteiger partial charge in [0.25, 0.3) is 5.69 Å². The Morgan fingerprint density at radius 1 is 1.22 bits per heavy atom. The van der Waals surface area contributed by atoms with Gasteiger partial charge in [-0.15, -0.1) is 0 Å². The Morgan fingerprint density at radius 3 is 2.87 bits per heavy atom. The summed E-state index contributed by atoms with van der Waals surface area (Å²) in [4.78, 5) is 17.5. The molecule has 0 spiro atoms. The Labute approximate surface area is 134 Å². The van der Waals surface area contributed by atoms with Gasteiger partial charge < -0.3 is 10.6 Å². The molecule has 2 heterocycles. The SMILES string of the molecule is NC1CCCC2CN(c3ccc4cc([N+](=O)[O-])ccc4n3)CC12. The zero-order chi connectivity index (χ0) is 16.0. The van der Waals surface area contributed by atoms with Crippen LogP contribution in [-0.2, 0) is 0 Å². The Morgan fingerprint density at radius 2 is 2.09 bits per heavy atom. The van der Waals surface area contributed by atoms with Crippen LogP contribution < -0.4 is 10.6 Å². The number of fused-ring (bicyclic) bond motifs is 2. The molecule has 120 valence electrons. The van der Waals surface area contributed by atoms with E-state index in [9.17, 15) is 10.1 Å². The fourth-order valence-corrected chi connectivity index (χ4v) is 4.10. The molecule has 6 heteroatoms. The molecule has 4 rings (SSSR count). The third kappa shape index (κ3) is 2.53. The minimum atomic E-state index is -0.375. The largest absolute Gasteiger partial charge is 0.356 e. The summed E-state index contributed by atoms with van der Waals surface area (Å²) in [5.74, 6) is 2.19. The van der Waals surface area contributed by atoms with Crippen LogP contribution in [0.1, 0.15) is 19.3 Å². The molecular formula is C17H20N4O2. The second-order valence-electron chi connectivity index (χ2n) is 6.73. The van der Waals surface area contributed by atoms with Crippen LogP contribution in [-0.4, -0.2) is 29.0 Å². The Balaban J connectivity index is 1.62. The van der Waals surface area contributed by atoms with Crippen molar-refractivity contribution < 1.29 is 4.92 Å². The number of nitro benzene ring substituents is 1. The van der Waals surface area contributed by atoms with Crippen molar-refractivity contribution >= 4 is 22.4 Å². The summed E-state index contributed by atoms with van der Waals surface area (Å²) < 4.78 is 0. The lowest BCUT2D eigenvalue weighted by atomic mass is 9.78. The number of hydrogen-bond acceptors (Lipinski definition) is 5. The van der Waals surface area contributed by atoms with Crippen molar-refractivity contribution in [3.63, 3.8) is 0 Å². The average molecular weight is 312 g/mol. The molecule has 1 aliphatic carbocycles. The highest BCUT2D eigenvalue weighted by Gasteiger charge is 2.39. The van der Waals surface area contributed by atoms with Gasteiger partial charge in [0.05, 0.1) is 10.4 Å². The Bertz CT molecular complexity index is 763. The third-order valence-electron chi connectivity index (χ3n) is 5.35. The molecular weight excluding hydrogens is 292 g/mol. The zero-order valence-corrected chi connectivity index (χ0v) is 12.9. The van der Waals surface area contributed by atoms with E-state index in [4.69, 9.17) is 10.7 Å². The second kappa shape index (κ2) is 5.45. The van der Waals surface area contributed by atoms with Crippen molar-refractivity contribution in [2.75, 3.05) is 18.0 Å². The summed E-state index contributed by atoms with van der Waals surface area (Å²) in [5.41, 5.74) is 7.19. The summed E-state index contributed by atoms with van der Waals surface area (Å²) in [5, 5.41) is 11.7. The van der Waals surface area contributed by atoms with Crippen molar-refractivity contribution in [2.24, 2.45) is 17.6 Å². The van der Waals surface area contributed by atoms with Gasteiger partial charge in [-0.05, 0) is 42.9 Å². The Kier molecular flexibility index (Phi) is 3.41. The number of nitrogens with zero attached hydrogens (tertiary/aromatic N) is 3. The first-order valence-corrected chi connectivity index (χ1v) is 8.17. The first-order valence-electron chi connectivity index (χ1n) is 8.17. The van der Waals surface area contributed by atoms with Crippen LogP contribution in [0.2, 0.25) is 0 Å². The number of pyridine rings is 1. The van der Waals surface area contributed by atoms with E-state index in [0.29, 0.717) is 17.9 Å². The predicted octanol–water partition coefficient (Wildman–Crippen LogP) is 2.71. The zero-order valence-electron chi connectivity index (χ0n) is 12.9. The number of nitrogens with two attached hydrogens (primary N) is 1. The average Bonchev–Trinajstić information content (AvgIpc) is 2.99. The lowest BCUT2D eigenvalue weighted by Gasteiger charge is -2.29. The smallest absolute Gasteiger partial charge is 0.270 e. The van der Waals surface area contributed by atoms with Crippen molar-refractivity contribution in [3.05, 3.63) is 40.4 Å². The van der Waals surface area contributed by atoms with Crippen LogP contribution in [0, 0.1) is 22.0 Å². The van der Waals surface area contributed by atoms with E-state index < -0.39 is 0 Å². The van der Waals surface area contributed by atoms with Gasteiger partial charge in [-0.1, -0.05) is 6.42 Å². The number of rotatable bonds is 2. The fourth-order valence-electron chi connectivity index (χ4n) is 4.10. The minimum Gasteiger partial charge on any atom is -0.356 e. The van der Waals surface area contributed by atoms with E-state index in [2.05, 4.69) is 4.90 Å². The summed E-state index contributed by atoms with van der Waals surface area (Å²) in [6, 6.07) is 9.01. The van der Waals surface area contributed by atoms with Crippen LogP contribution >= 0.6 is 0 Å². The molecule has 0 bridgehead atoms. The first-order chi connectivity index (χ1) is 11.1. The summed E-state index contributed by atoms with van der Waals surface area (Å²) in [7, 11) is 0. The summed E-state index contributed by atoms with van der Waals surface area (Å²) in [6.07, 6.45) is 3.61. The molecule has 1 saturated carbocycles. The topological polar surface area (TPSA) is 85.3 Å². The monoisotopic (exact) mass is 312 g/mol. The number of anilines is 1. The first kappa shape index (κ1) is 14.4. The number of benzene rings is 1. The fraction of sp³-hybridized carbons (Fsp3) is 0.471. The van der Waals surface area contributed by atoms with Gasteiger partial charge >= 0.3 is 0 Å². The van der Waals surface area contributed by atoms with Crippen LogP contribution in [0.4, 0.5) is 11.5 Å². The van der Waals surface area contributed by atoms with Crippen molar-refractivity contribution in [1.82, 2.24) is 4.98 Å². The van der Waals surface area contributed by atoms with Gasteiger partial charge in [0.2, 0.25) is 0 Å². The molecule has 2 aromatic rings. The molecule has 1 aliphatic heterocycles. The minimum absolute atomic E-state index is 0.102. The Hall–Kier alpha value is -2.21. The lowest BCUT2D eigenvalue weighted by molar-refractivity contribution is -0.384. The predicted molar refractivity (Wildman–Crippen MR) is 89.4 cm³/mol. The molecule has 1 saturated heterocycles. The van der Waals surface area contributed by atoms with Gasteiger partial charge in [0.15, 0.2) is 0 Å². The standard InChI is InChI=1S/C17H20N4O2/c18-15-3-1-2-12-9-20(10-14(12)15)17-7-4-11-8-13(21(22)23)5-6-16(11)19-17/h4-8,12,14-15H,1-3,9-10,18H2. The molecule has 2 aliphatic rings. The number of nitro groups is 1. The third-order valence-corrected chi connectivity index (χ3v) is 5.35. The van der Waals surface area contributed by atoms with Gasteiger partial charge in [-0.2, -0.15) is 0 Å². The van der Waals surface area contributed by atoms with Gasteiger partial charge in [-0.25, -0.2) is 4.98 Å². The van der Waals surface area contributed by atoms with E-state index in [1.807, 2.05) is 12.1 Å². The maximum atomic E-state index is 10.9. The lowest BCUT2D eigenvalue weighted by Crippen LogP contribution is -2.38. The van der Waals surface area contributed by atoms with Crippen molar-refractivity contribution in [1.29, 1.82) is 0 Å². The van der Waals surface area contributed by atoms with Crippen molar-refractivity contribution in [3.8, 4) is 0 Å². The van der Waals surface area contributed by atoms with Crippen LogP contribution in [0.15, 0.2) is 30.3 Å². The maximum absolute atomic E-state index is 10.9. The van der Waals surface area contributed by atoms with E-state index >= 15 is 0 Å².